The molecule has 6 heteroatoms. The van der Waals surface area contributed by atoms with E-state index in [4.69, 9.17) is 28.8 Å². The minimum absolute atomic E-state index is 0.285. The third kappa shape index (κ3) is 4.20. The summed E-state index contributed by atoms with van der Waals surface area (Å²) >= 11 is 0. The maximum Gasteiger partial charge on any atom is 0.227 e. The average molecular weight is 633 g/mol. The fraction of sp³-hybridized carbons (Fsp3) is 0.0698. The summed E-state index contributed by atoms with van der Waals surface area (Å²) in [4.78, 5) is 20.0. The van der Waals surface area contributed by atoms with Crippen LogP contribution in [0.1, 0.15) is 25.0 Å². The summed E-state index contributed by atoms with van der Waals surface area (Å²) in [5.74, 6) is 2.39. The smallest absolute Gasteiger partial charge is 0.227 e. The lowest BCUT2D eigenvalue weighted by atomic mass is 9.82. The monoisotopic (exact) mass is 632 g/mol. The van der Waals surface area contributed by atoms with Gasteiger partial charge in [-0.25, -0.2) is 19.9 Å². The number of hydrogen-bond donors (Lipinski definition) is 0. The first-order valence-electron chi connectivity index (χ1n) is 16.4. The Balaban J connectivity index is 1.16. The Hall–Kier alpha value is -6.40. The van der Waals surface area contributed by atoms with Crippen molar-refractivity contribution in [3.05, 3.63) is 145 Å². The van der Waals surface area contributed by atoms with Crippen molar-refractivity contribution in [3.63, 3.8) is 0 Å². The summed E-state index contributed by atoms with van der Waals surface area (Å²) in [6.07, 6.45) is 0. The van der Waals surface area contributed by atoms with E-state index in [-0.39, 0.29) is 5.41 Å². The molecule has 9 aromatic rings. The number of para-hydroxylation sites is 2. The zero-order valence-electron chi connectivity index (χ0n) is 26.8. The molecule has 1 aliphatic carbocycles. The Bertz CT molecular complexity index is 2740. The molecule has 0 spiro atoms. The standard InChI is InChI=1S/C43H28N4O2/c1-43(2)32-22-23-34-38(49-42(44-34)26-14-7-4-8-15-26)36(32)30-21-20-27(24-33(30)43)40-45-39(25-12-5-3-6-13-25)46-41(47-40)31-18-11-17-29-28-16-9-10-19-35(28)48-37(29)31/h3-24H,1-2H3. The molecule has 6 nitrogen and oxygen atoms in total. The molecule has 3 aromatic heterocycles. The molecule has 3 heterocycles. The van der Waals surface area contributed by atoms with Crippen LogP contribution in [0.2, 0.25) is 0 Å². The molecule has 49 heavy (non-hydrogen) atoms. The number of aromatic nitrogens is 4. The zero-order valence-corrected chi connectivity index (χ0v) is 26.8. The Morgan fingerprint density at radius 3 is 1.98 bits per heavy atom. The van der Waals surface area contributed by atoms with Gasteiger partial charge in [-0.15, -0.1) is 0 Å². The van der Waals surface area contributed by atoms with Crippen molar-refractivity contribution in [3.8, 4) is 56.7 Å². The van der Waals surface area contributed by atoms with Gasteiger partial charge in [-0.05, 0) is 53.1 Å². The summed E-state index contributed by atoms with van der Waals surface area (Å²) in [6, 6.07) is 45.1. The molecule has 0 aliphatic heterocycles. The highest BCUT2D eigenvalue weighted by Crippen LogP contribution is 2.52. The van der Waals surface area contributed by atoms with Crippen molar-refractivity contribution in [1.29, 1.82) is 0 Å². The van der Waals surface area contributed by atoms with Gasteiger partial charge >= 0.3 is 0 Å². The van der Waals surface area contributed by atoms with Gasteiger partial charge in [0.15, 0.2) is 23.1 Å². The number of rotatable bonds is 4. The Kier molecular flexibility index (Phi) is 5.82. The second kappa shape index (κ2) is 10.3. The second-order valence-electron chi connectivity index (χ2n) is 13.1. The number of nitrogens with zero attached hydrogens (tertiary/aromatic N) is 4. The van der Waals surface area contributed by atoms with Gasteiger partial charge in [-0.2, -0.15) is 0 Å². The van der Waals surface area contributed by atoms with Crippen LogP contribution in [0.5, 0.6) is 0 Å². The first kappa shape index (κ1) is 27.7. The highest BCUT2D eigenvalue weighted by molar-refractivity contribution is 6.09. The van der Waals surface area contributed by atoms with Gasteiger partial charge in [0.2, 0.25) is 5.89 Å². The van der Waals surface area contributed by atoms with Gasteiger partial charge < -0.3 is 8.83 Å². The van der Waals surface area contributed by atoms with Crippen LogP contribution >= 0.6 is 0 Å². The maximum absolute atomic E-state index is 6.50. The van der Waals surface area contributed by atoms with Crippen LogP contribution in [-0.2, 0) is 5.41 Å². The Morgan fingerprint density at radius 2 is 1.16 bits per heavy atom. The maximum atomic E-state index is 6.50. The molecule has 0 amide bonds. The lowest BCUT2D eigenvalue weighted by Gasteiger charge is -2.21. The molecule has 6 aromatic carbocycles. The van der Waals surface area contributed by atoms with E-state index in [0.29, 0.717) is 23.4 Å². The molecule has 0 saturated carbocycles. The minimum Gasteiger partial charge on any atom is -0.455 e. The quantitative estimate of drug-likeness (QED) is 0.192. The van der Waals surface area contributed by atoms with Gasteiger partial charge in [0.25, 0.3) is 0 Å². The molecule has 10 rings (SSSR count). The van der Waals surface area contributed by atoms with Gasteiger partial charge in [-0.1, -0.05) is 111 Å². The van der Waals surface area contributed by atoms with E-state index in [1.807, 2.05) is 91.0 Å². The summed E-state index contributed by atoms with van der Waals surface area (Å²) in [7, 11) is 0. The molecule has 0 N–H and O–H groups in total. The SMILES string of the molecule is CC1(C)c2cc(-c3nc(-c4ccccc4)nc(-c4cccc5c4oc4ccccc45)n3)ccc2-c2c1ccc1nc(-c3ccccc3)oc21. The molecule has 0 unspecified atom stereocenters. The zero-order chi connectivity index (χ0) is 32.7. The predicted molar refractivity (Wildman–Crippen MR) is 194 cm³/mol. The van der Waals surface area contributed by atoms with Crippen molar-refractivity contribution in [2.45, 2.75) is 19.3 Å². The van der Waals surface area contributed by atoms with E-state index in [0.717, 1.165) is 66.4 Å². The molecule has 0 fully saturated rings. The van der Waals surface area contributed by atoms with Crippen LogP contribution in [0.3, 0.4) is 0 Å². The van der Waals surface area contributed by atoms with Gasteiger partial charge in [0.05, 0.1) is 5.56 Å². The van der Waals surface area contributed by atoms with Gasteiger partial charge in [-0.3, -0.25) is 0 Å². The lowest BCUT2D eigenvalue weighted by Crippen LogP contribution is -2.15. The van der Waals surface area contributed by atoms with Crippen LogP contribution in [-0.4, -0.2) is 19.9 Å². The topological polar surface area (TPSA) is 77.8 Å². The van der Waals surface area contributed by atoms with E-state index < -0.39 is 0 Å². The highest BCUT2D eigenvalue weighted by Gasteiger charge is 2.38. The minimum atomic E-state index is -0.285. The van der Waals surface area contributed by atoms with E-state index in [1.54, 1.807) is 0 Å². The predicted octanol–water partition coefficient (Wildman–Crippen LogP) is 10.9. The van der Waals surface area contributed by atoms with Crippen molar-refractivity contribution in [1.82, 2.24) is 19.9 Å². The fourth-order valence-electron chi connectivity index (χ4n) is 7.31. The summed E-state index contributed by atoms with van der Waals surface area (Å²) in [6.45, 7) is 4.52. The molecule has 0 bridgehead atoms. The Labute approximate surface area is 281 Å². The summed E-state index contributed by atoms with van der Waals surface area (Å²) in [5.41, 5.74) is 11.2. The molecule has 0 atom stereocenters. The molecule has 0 saturated heterocycles. The third-order valence-electron chi connectivity index (χ3n) is 9.78. The lowest BCUT2D eigenvalue weighted by molar-refractivity contribution is 0.618. The van der Waals surface area contributed by atoms with Crippen LogP contribution < -0.4 is 0 Å². The van der Waals surface area contributed by atoms with E-state index >= 15 is 0 Å². The normalized spacial score (nSPS) is 13.3. The van der Waals surface area contributed by atoms with Crippen LogP contribution in [0, 0.1) is 0 Å². The summed E-state index contributed by atoms with van der Waals surface area (Å²) in [5, 5.41) is 2.09. The number of hydrogen-bond acceptors (Lipinski definition) is 6. The Morgan fingerprint density at radius 1 is 0.469 bits per heavy atom. The second-order valence-corrected chi connectivity index (χ2v) is 13.1. The van der Waals surface area contributed by atoms with E-state index in [9.17, 15) is 0 Å². The van der Waals surface area contributed by atoms with Crippen LogP contribution in [0.15, 0.2) is 142 Å². The summed E-state index contributed by atoms with van der Waals surface area (Å²) < 4.78 is 12.9. The van der Waals surface area contributed by atoms with Crippen molar-refractivity contribution in [2.24, 2.45) is 0 Å². The first-order valence-corrected chi connectivity index (χ1v) is 16.4. The average Bonchev–Trinajstić information content (AvgIpc) is 3.82. The number of furan rings is 1. The molecule has 1 aliphatic rings. The number of oxazole rings is 1. The van der Waals surface area contributed by atoms with Gasteiger partial charge in [0, 0.05) is 38.4 Å². The fourth-order valence-corrected chi connectivity index (χ4v) is 7.31. The van der Waals surface area contributed by atoms with Crippen molar-refractivity contribution < 1.29 is 8.83 Å². The van der Waals surface area contributed by atoms with Crippen molar-refractivity contribution in [2.75, 3.05) is 0 Å². The molecule has 0 radical (unpaired) electrons. The molecular weight excluding hydrogens is 604 g/mol. The first-order chi connectivity index (χ1) is 24.0. The van der Waals surface area contributed by atoms with E-state index in [2.05, 4.69) is 56.3 Å². The van der Waals surface area contributed by atoms with E-state index in [1.165, 1.54) is 11.1 Å². The highest BCUT2D eigenvalue weighted by atomic mass is 16.3. The van der Waals surface area contributed by atoms with Gasteiger partial charge in [0.1, 0.15) is 16.7 Å². The number of benzene rings is 6. The molecule has 232 valence electrons. The number of fused-ring (bicyclic) bond motifs is 8. The van der Waals surface area contributed by atoms with Crippen molar-refractivity contribution >= 4 is 33.0 Å². The molecular formula is C43H28N4O2. The largest absolute Gasteiger partial charge is 0.455 e. The third-order valence-corrected chi connectivity index (χ3v) is 9.78. The van der Waals surface area contributed by atoms with Crippen LogP contribution in [0.25, 0.3) is 89.8 Å². The van der Waals surface area contributed by atoms with Crippen LogP contribution in [0.4, 0.5) is 0 Å².